The first-order valence-electron chi connectivity index (χ1n) is 8.73. The molecule has 0 radical (unpaired) electrons. The minimum atomic E-state index is -0.143. The molecule has 1 N–H and O–H groups in total. The Bertz CT molecular complexity index is 1090. The Morgan fingerprint density at radius 1 is 1.30 bits per heavy atom. The molecule has 0 bridgehead atoms. The third-order valence-electron chi connectivity index (χ3n) is 4.48. The lowest BCUT2D eigenvalue weighted by Gasteiger charge is -2.13. The number of anilines is 1. The van der Waals surface area contributed by atoms with Crippen molar-refractivity contribution in [2.45, 2.75) is 31.0 Å². The predicted octanol–water partition coefficient (Wildman–Crippen LogP) is 4.42. The number of benzene rings is 2. The smallest absolute Gasteiger partial charge is 0.262 e. The number of aryl methyl sites for hydroxylation is 1. The standard InChI is InChI=1S/C20H18ClN3O2S/c1-12-10-13(21)6-9-16(12)22-18(25)11-27-20-23-17-5-3-2-4-15(17)19(26)24(20)14-7-8-14/h2-6,9-10,14H,7-8,11H2,1H3,(H,22,25). The lowest BCUT2D eigenvalue weighted by molar-refractivity contribution is -0.113. The van der Waals surface area contributed by atoms with E-state index in [4.69, 9.17) is 11.6 Å². The molecule has 1 saturated carbocycles. The van der Waals surface area contributed by atoms with Crippen LogP contribution in [-0.2, 0) is 4.79 Å². The molecule has 0 unspecified atom stereocenters. The van der Waals surface area contributed by atoms with Crippen molar-refractivity contribution in [1.82, 2.24) is 9.55 Å². The van der Waals surface area contributed by atoms with Gasteiger partial charge in [-0.05, 0) is 55.7 Å². The maximum atomic E-state index is 12.8. The van der Waals surface area contributed by atoms with Gasteiger partial charge in [0.1, 0.15) is 0 Å². The van der Waals surface area contributed by atoms with Gasteiger partial charge in [-0.1, -0.05) is 35.5 Å². The quantitative estimate of drug-likeness (QED) is 0.509. The number of thioether (sulfide) groups is 1. The van der Waals surface area contributed by atoms with Gasteiger partial charge in [-0.25, -0.2) is 4.98 Å². The summed E-state index contributed by atoms with van der Waals surface area (Å²) in [5.41, 5.74) is 2.27. The Labute approximate surface area is 165 Å². The number of nitrogens with zero attached hydrogens (tertiary/aromatic N) is 2. The van der Waals surface area contributed by atoms with Gasteiger partial charge >= 0.3 is 0 Å². The van der Waals surface area contributed by atoms with E-state index in [1.165, 1.54) is 11.8 Å². The summed E-state index contributed by atoms with van der Waals surface area (Å²) in [6, 6.07) is 12.9. The van der Waals surface area contributed by atoms with Gasteiger partial charge < -0.3 is 5.32 Å². The van der Waals surface area contributed by atoms with Crippen LogP contribution in [0.1, 0.15) is 24.4 Å². The number of halogens is 1. The largest absolute Gasteiger partial charge is 0.325 e. The van der Waals surface area contributed by atoms with Gasteiger partial charge in [-0.15, -0.1) is 0 Å². The predicted molar refractivity (Wildman–Crippen MR) is 110 cm³/mol. The molecule has 4 rings (SSSR count). The molecule has 3 aromatic rings. The highest BCUT2D eigenvalue weighted by Gasteiger charge is 2.28. The van der Waals surface area contributed by atoms with E-state index in [0.29, 0.717) is 21.1 Å². The van der Waals surface area contributed by atoms with Crippen molar-refractivity contribution in [2.75, 3.05) is 11.1 Å². The third kappa shape index (κ3) is 3.87. The van der Waals surface area contributed by atoms with Gasteiger partial charge in [0.25, 0.3) is 5.56 Å². The summed E-state index contributed by atoms with van der Waals surface area (Å²) in [6.45, 7) is 1.89. The number of aromatic nitrogens is 2. The number of carbonyl (C=O) groups is 1. The van der Waals surface area contributed by atoms with E-state index in [2.05, 4.69) is 10.3 Å². The minimum absolute atomic E-state index is 0.0282. The second-order valence-corrected chi connectivity index (χ2v) is 7.99. The first-order valence-corrected chi connectivity index (χ1v) is 10.1. The SMILES string of the molecule is Cc1cc(Cl)ccc1NC(=O)CSc1nc2ccccc2c(=O)n1C1CC1. The Hall–Kier alpha value is -2.31. The van der Waals surface area contributed by atoms with Gasteiger partial charge in [0.2, 0.25) is 5.91 Å². The summed E-state index contributed by atoms with van der Waals surface area (Å²) in [7, 11) is 0. The van der Waals surface area contributed by atoms with E-state index in [1.807, 2.05) is 25.1 Å². The van der Waals surface area contributed by atoms with Crippen LogP contribution in [0.4, 0.5) is 5.69 Å². The highest BCUT2D eigenvalue weighted by Crippen LogP contribution is 2.36. The average Bonchev–Trinajstić information content (AvgIpc) is 3.47. The summed E-state index contributed by atoms with van der Waals surface area (Å²) in [6.07, 6.45) is 1.95. The second kappa shape index (κ2) is 7.37. The van der Waals surface area contributed by atoms with Gasteiger partial charge in [0.15, 0.2) is 5.16 Å². The third-order valence-corrected chi connectivity index (χ3v) is 5.67. The summed E-state index contributed by atoms with van der Waals surface area (Å²) < 4.78 is 1.74. The van der Waals surface area contributed by atoms with E-state index in [1.54, 1.807) is 28.8 Å². The van der Waals surface area contributed by atoms with Crippen LogP contribution < -0.4 is 10.9 Å². The fourth-order valence-electron chi connectivity index (χ4n) is 2.97. The fourth-order valence-corrected chi connectivity index (χ4v) is 4.06. The lowest BCUT2D eigenvalue weighted by Crippen LogP contribution is -2.23. The molecule has 1 aliphatic rings. The Balaban J connectivity index is 1.55. The molecule has 0 spiro atoms. The topological polar surface area (TPSA) is 64.0 Å². The molecule has 1 amide bonds. The molecule has 5 nitrogen and oxygen atoms in total. The van der Waals surface area contributed by atoms with Gasteiger partial charge in [0.05, 0.1) is 16.7 Å². The van der Waals surface area contributed by atoms with Crippen LogP contribution in [-0.4, -0.2) is 21.2 Å². The molecule has 0 atom stereocenters. The normalized spacial score (nSPS) is 13.7. The van der Waals surface area contributed by atoms with Crippen LogP contribution in [0.5, 0.6) is 0 Å². The van der Waals surface area contributed by atoms with E-state index < -0.39 is 0 Å². The zero-order valence-corrected chi connectivity index (χ0v) is 16.3. The van der Waals surface area contributed by atoms with Crippen LogP contribution in [0, 0.1) is 6.92 Å². The number of carbonyl (C=O) groups excluding carboxylic acids is 1. The van der Waals surface area contributed by atoms with E-state index in [0.717, 1.165) is 24.1 Å². The van der Waals surface area contributed by atoms with Crippen molar-refractivity contribution in [3.8, 4) is 0 Å². The summed E-state index contributed by atoms with van der Waals surface area (Å²) in [4.78, 5) is 29.9. The van der Waals surface area contributed by atoms with E-state index in [9.17, 15) is 9.59 Å². The Kier molecular flexibility index (Phi) is 4.93. The summed E-state index contributed by atoms with van der Waals surface area (Å²) in [5.74, 6) is 0.0368. The van der Waals surface area contributed by atoms with Crippen LogP contribution in [0.25, 0.3) is 10.9 Å². The monoisotopic (exact) mass is 399 g/mol. The molecule has 0 aliphatic heterocycles. The van der Waals surface area contributed by atoms with Crippen LogP contribution in [0.15, 0.2) is 52.4 Å². The molecule has 1 fully saturated rings. The Morgan fingerprint density at radius 2 is 2.07 bits per heavy atom. The van der Waals surface area contributed by atoms with Crippen molar-refractivity contribution >= 4 is 45.9 Å². The molecule has 1 aliphatic carbocycles. The number of rotatable bonds is 5. The zero-order chi connectivity index (χ0) is 19.0. The molecule has 7 heteroatoms. The fraction of sp³-hybridized carbons (Fsp3) is 0.250. The van der Waals surface area contributed by atoms with Crippen molar-refractivity contribution in [3.63, 3.8) is 0 Å². The van der Waals surface area contributed by atoms with Gasteiger partial charge in [-0.2, -0.15) is 0 Å². The number of fused-ring (bicyclic) bond motifs is 1. The van der Waals surface area contributed by atoms with E-state index >= 15 is 0 Å². The number of hydrogen-bond acceptors (Lipinski definition) is 4. The molecule has 1 aromatic heterocycles. The lowest BCUT2D eigenvalue weighted by atomic mass is 10.2. The van der Waals surface area contributed by atoms with Gasteiger partial charge in [-0.3, -0.25) is 14.2 Å². The minimum Gasteiger partial charge on any atom is -0.325 e. The molecule has 1 heterocycles. The van der Waals surface area contributed by atoms with Crippen LogP contribution in [0.3, 0.4) is 0 Å². The average molecular weight is 400 g/mol. The zero-order valence-electron chi connectivity index (χ0n) is 14.7. The number of hydrogen-bond donors (Lipinski definition) is 1. The highest BCUT2D eigenvalue weighted by molar-refractivity contribution is 7.99. The Morgan fingerprint density at radius 3 is 2.81 bits per heavy atom. The van der Waals surface area contributed by atoms with Crippen molar-refractivity contribution in [1.29, 1.82) is 0 Å². The number of nitrogens with one attached hydrogen (secondary N) is 1. The van der Waals surface area contributed by atoms with Crippen molar-refractivity contribution in [2.24, 2.45) is 0 Å². The van der Waals surface area contributed by atoms with Crippen LogP contribution >= 0.6 is 23.4 Å². The second-order valence-electron chi connectivity index (χ2n) is 6.61. The molecule has 138 valence electrons. The molecule has 2 aromatic carbocycles. The molecule has 0 saturated heterocycles. The summed E-state index contributed by atoms with van der Waals surface area (Å²) >= 11 is 7.25. The summed E-state index contributed by atoms with van der Waals surface area (Å²) in [5, 5.41) is 4.74. The molecular formula is C20H18ClN3O2S. The maximum Gasteiger partial charge on any atom is 0.262 e. The number of amides is 1. The molecule has 27 heavy (non-hydrogen) atoms. The van der Waals surface area contributed by atoms with Crippen molar-refractivity contribution < 1.29 is 4.79 Å². The van der Waals surface area contributed by atoms with E-state index in [-0.39, 0.29) is 23.3 Å². The first-order chi connectivity index (χ1) is 13.0. The highest BCUT2D eigenvalue weighted by atomic mass is 35.5. The van der Waals surface area contributed by atoms with Crippen LogP contribution in [0.2, 0.25) is 5.02 Å². The first kappa shape index (κ1) is 18.1. The molecular weight excluding hydrogens is 382 g/mol. The maximum absolute atomic E-state index is 12.8. The van der Waals surface area contributed by atoms with Gasteiger partial charge in [0, 0.05) is 16.8 Å². The number of para-hydroxylation sites is 1. The van der Waals surface area contributed by atoms with Crippen molar-refractivity contribution in [3.05, 3.63) is 63.4 Å².